The lowest BCUT2D eigenvalue weighted by molar-refractivity contribution is -0.120. The van der Waals surface area contributed by atoms with E-state index in [9.17, 15) is 9.59 Å². The quantitative estimate of drug-likeness (QED) is 0.745. The molecule has 18 heavy (non-hydrogen) atoms. The van der Waals surface area contributed by atoms with Crippen LogP contribution in [0.2, 0.25) is 0 Å². The van der Waals surface area contributed by atoms with Crippen LogP contribution in [-0.2, 0) is 9.53 Å². The van der Waals surface area contributed by atoms with Crippen LogP contribution in [0.15, 0.2) is 0 Å². The summed E-state index contributed by atoms with van der Waals surface area (Å²) in [5.41, 5.74) is 0. The number of rotatable bonds is 5. The summed E-state index contributed by atoms with van der Waals surface area (Å²) in [7, 11) is 0. The van der Waals surface area contributed by atoms with Crippen molar-refractivity contribution in [2.24, 2.45) is 0 Å². The van der Waals surface area contributed by atoms with Crippen LogP contribution in [0, 0.1) is 0 Å². The molecule has 6 nitrogen and oxygen atoms in total. The first-order valence-corrected chi connectivity index (χ1v) is 6.59. The number of carbonyl (C=O) groups excluding carboxylic acids is 2. The molecule has 0 aromatic rings. The highest BCUT2D eigenvalue weighted by Gasteiger charge is 2.23. The number of nitrogens with zero attached hydrogens (tertiary/aromatic N) is 1. The molecular formula is C12H23N3O3. The first kappa shape index (κ1) is 14.8. The van der Waals surface area contributed by atoms with Gasteiger partial charge in [0.25, 0.3) is 0 Å². The molecule has 0 aromatic carbocycles. The van der Waals surface area contributed by atoms with Crippen LogP contribution in [0.1, 0.15) is 26.7 Å². The predicted octanol–water partition coefficient (Wildman–Crippen LogP) is 0.333. The van der Waals surface area contributed by atoms with Crippen LogP contribution in [0.3, 0.4) is 0 Å². The Balaban J connectivity index is 2.19. The molecule has 6 heteroatoms. The van der Waals surface area contributed by atoms with E-state index in [0.29, 0.717) is 38.8 Å². The van der Waals surface area contributed by atoms with Gasteiger partial charge in [0.1, 0.15) is 0 Å². The minimum atomic E-state index is -0.236. The summed E-state index contributed by atoms with van der Waals surface area (Å²) < 4.78 is 4.95. The van der Waals surface area contributed by atoms with Crippen LogP contribution in [0.4, 0.5) is 4.79 Å². The lowest BCUT2D eigenvalue weighted by atomic mass is 10.1. The molecule has 104 valence electrons. The smallest absolute Gasteiger partial charge is 0.409 e. The van der Waals surface area contributed by atoms with Gasteiger partial charge in [-0.3, -0.25) is 4.79 Å². The molecule has 0 spiro atoms. The summed E-state index contributed by atoms with van der Waals surface area (Å²) in [6.45, 7) is 6.49. The lowest BCUT2D eigenvalue weighted by Gasteiger charge is -2.31. The fourth-order valence-corrected chi connectivity index (χ4v) is 1.98. The molecule has 0 unspecified atom stereocenters. The Labute approximate surface area is 108 Å². The molecule has 0 aromatic heterocycles. The van der Waals surface area contributed by atoms with Gasteiger partial charge in [-0.15, -0.1) is 0 Å². The van der Waals surface area contributed by atoms with Gasteiger partial charge in [0.05, 0.1) is 13.2 Å². The van der Waals surface area contributed by atoms with E-state index in [1.807, 2.05) is 6.92 Å². The summed E-state index contributed by atoms with van der Waals surface area (Å²) >= 11 is 0. The molecule has 2 amide bonds. The van der Waals surface area contributed by atoms with Crippen molar-refractivity contribution in [2.75, 3.05) is 32.8 Å². The molecule has 0 aliphatic carbocycles. The molecule has 1 aliphatic heterocycles. The van der Waals surface area contributed by atoms with E-state index >= 15 is 0 Å². The first-order chi connectivity index (χ1) is 8.67. The number of hydrogen-bond acceptors (Lipinski definition) is 4. The van der Waals surface area contributed by atoms with E-state index in [1.165, 1.54) is 0 Å². The number of likely N-dealkylation sites (N-methyl/N-ethyl adjacent to an activating group) is 1. The average Bonchev–Trinajstić information content (AvgIpc) is 2.37. The Morgan fingerprint density at radius 1 is 1.28 bits per heavy atom. The average molecular weight is 257 g/mol. The Morgan fingerprint density at radius 2 is 1.94 bits per heavy atom. The number of nitrogens with one attached hydrogen (secondary N) is 2. The van der Waals surface area contributed by atoms with E-state index in [4.69, 9.17) is 4.74 Å². The zero-order chi connectivity index (χ0) is 13.4. The first-order valence-electron chi connectivity index (χ1n) is 6.59. The standard InChI is InChI=1S/C12H23N3O3/c1-3-13-11(16)9-14-10-5-7-15(8-6-10)12(17)18-4-2/h10,14H,3-9H2,1-2H3,(H,13,16). The normalized spacial score (nSPS) is 16.4. The third-order valence-electron chi connectivity index (χ3n) is 2.95. The minimum Gasteiger partial charge on any atom is -0.450 e. The van der Waals surface area contributed by atoms with Crippen LogP contribution >= 0.6 is 0 Å². The summed E-state index contributed by atoms with van der Waals surface area (Å²) in [6, 6.07) is 0.304. The zero-order valence-electron chi connectivity index (χ0n) is 11.2. The molecule has 0 radical (unpaired) electrons. The highest BCUT2D eigenvalue weighted by atomic mass is 16.6. The Kier molecular flexibility index (Phi) is 6.49. The molecule has 2 N–H and O–H groups in total. The number of carbonyl (C=O) groups is 2. The molecule has 1 aliphatic rings. The van der Waals surface area contributed by atoms with Gasteiger partial charge >= 0.3 is 6.09 Å². The number of hydrogen-bond donors (Lipinski definition) is 2. The molecule has 0 atom stereocenters. The van der Waals surface area contributed by atoms with Gasteiger partial charge in [-0.2, -0.15) is 0 Å². The van der Waals surface area contributed by atoms with Gasteiger partial charge in [0.15, 0.2) is 0 Å². The van der Waals surface area contributed by atoms with E-state index in [1.54, 1.807) is 11.8 Å². The third kappa shape index (κ3) is 4.91. The van der Waals surface area contributed by atoms with Gasteiger partial charge in [-0.1, -0.05) is 0 Å². The van der Waals surface area contributed by atoms with E-state index in [-0.39, 0.29) is 12.0 Å². The van der Waals surface area contributed by atoms with Crippen molar-refractivity contribution in [1.29, 1.82) is 0 Å². The Morgan fingerprint density at radius 3 is 2.50 bits per heavy atom. The highest BCUT2D eigenvalue weighted by Crippen LogP contribution is 2.11. The van der Waals surface area contributed by atoms with Crippen molar-refractivity contribution < 1.29 is 14.3 Å². The summed E-state index contributed by atoms with van der Waals surface area (Å²) in [5, 5.41) is 5.95. The Hall–Kier alpha value is -1.30. The van der Waals surface area contributed by atoms with Crippen LogP contribution in [-0.4, -0.2) is 55.7 Å². The van der Waals surface area contributed by atoms with Gasteiger partial charge < -0.3 is 20.3 Å². The van der Waals surface area contributed by atoms with Crippen LogP contribution in [0.25, 0.3) is 0 Å². The molecule has 1 heterocycles. The van der Waals surface area contributed by atoms with E-state index in [2.05, 4.69) is 10.6 Å². The monoisotopic (exact) mass is 257 g/mol. The second-order valence-corrected chi connectivity index (χ2v) is 4.29. The highest BCUT2D eigenvalue weighted by molar-refractivity contribution is 5.77. The minimum absolute atomic E-state index is 0.0188. The molecule has 0 bridgehead atoms. The molecule has 0 saturated carbocycles. The van der Waals surface area contributed by atoms with Crippen molar-refractivity contribution in [3.05, 3.63) is 0 Å². The van der Waals surface area contributed by atoms with E-state index < -0.39 is 0 Å². The maximum atomic E-state index is 11.5. The largest absolute Gasteiger partial charge is 0.450 e. The molecule has 1 saturated heterocycles. The summed E-state index contributed by atoms with van der Waals surface area (Å²) in [4.78, 5) is 24.5. The fraction of sp³-hybridized carbons (Fsp3) is 0.833. The van der Waals surface area contributed by atoms with Gasteiger partial charge in [-0.25, -0.2) is 4.79 Å². The SMILES string of the molecule is CCNC(=O)CNC1CCN(C(=O)OCC)CC1. The maximum Gasteiger partial charge on any atom is 0.409 e. The van der Waals surface area contributed by atoms with Gasteiger partial charge in [-0.05, 0) is 26.7 Å². The van der Waals surface area contributed by atoms with E-state index in [0.717, 1.165) is 12.8 Å². The van der Waals surface area contributed by atoms with Gasteiger partial charge in [0.2, 0.25) is 5.91 Å². The molecular weight excluding hydrogens is 234 g/mol. The number of amides is 2. The van der Waals surface area contributed by atoms with Crippen molar-refractivity contribution in [3.63, 3.8) is 0 Å². The molecule has 1 rings (SSSR count). The van der Waals surface area contributed by atoms with Crippen molar-refractivity contribution in [1.82, 2.24) is 15.5 Å². The maximum absolute atomic E-state index is 11.5. The third-order valence-corrected chi connectivity index (χ3v) is 2.95. The zero-order valence-corrected chi connectivity index (χ0v) is 11.2. The van der Waals surface area contributed by atoms with Crippen LogP contribution < -0.4 is 10.6 Å². The fourth-order valence-electron chi connectivity index (χ4n) is 1.98. The number of piperidine rings is 1. The van der Waals surface area contributed by atoms with Crippen molar-refractivity contribution >= 4 is 12.0 Å². The van der Waals surface area contributed by atoms with Crippen molar-refractivity contribution in [2.45, 2.75) is 32.7 Å². The van der Waals surface area contributed by atoms with Gasteiger partial charge in [0, 0.05) is 25.7 Å². The lowest BCUT2D eigenvalue weighted by Crippen LogP contribution is -2.47. The summed E-state index contributed by atoms with van der Waals surface area (Å²) in [5.74, 6) is 0.0188. The summed E-state index contributed by atoms with van der Waals surface area (Å²) in [6.07, 6.45) is 1.48. The van der Waals surface area contributed by atoms with Crippen LogP contribution in [0.5, 0.6) is 0 Å². The second-order valence-electron chi connectivity index (χ2n) is 4.29. The topological polar surface area (TPSA) is 70.7 Å². The van der Waals surface area contributed by atoms with Crippen molar-refractivity contribution in [3.8, 4) is 0 Å². The molecule has 1 fully saturated rings. The predicted molar refractivity (Wildman–Crippen MR) is 68.3 cm³/mol. The number of ether oxygens (including phenoxy) is 1. The Bertz CT molecular complexity index is 276. The second kappa shape index (κ2) is 7.92. The number of likely N-dealkylation sites (tertiary alicyclic amines) is 1.